The van der Waals surface area contributed by atoms with E-state index in [1.165, 1.54) is 18.2 Å². The molecule has 0 aromatic heterocycles. The smallest absolute Gasteiger partial charge is 0.354 e. The normalized spacial score (nSPS) is 21.5. The first-order chi connectivity index (χ1) is 11.8. The number of nitrogens with zero attached hydrogens (tertiary/aromatic N) is 2. The molecule has 0 aliphatic heterocycles. The second-order valence-electron chi connectivity index (χ2n) is 6.08. The Morgan fingerprint density at radius 1 is 1.28 bits per heavy atom. The van der Waals surface area contributed by atoms with Crippen molar-refractivity contribution in [3.05, 3.63) is 35.1 Å². The maximum absolute atomic E-state index is 13.8. The standard InChI is InChI=1S/C17H20F4N4/c1-23-16(24-10-12-8-11(9-22)2-7-15(12)18)25-14-5-3-13(4-6-14)17(19,20)21/h2,7-8,13-14H,3-6,10H2,1H3,(H2,23,24,25). The minimum atomic E-state index is -4.13. The Labute approximate surface area is 143 Å². The summed E-state index contributed by atoms with van der Waals surface area (Å²) in [4.78, 5) is 4.02. The molecule has 0 unspecified atom stereocenters. The largest absolute Gasteiger partial charge is 0.391 e. The van der Waals surface area contributed by atoms with Crippen molar-refractivity contribution in [2.24, 2.45) is 10.9 Å². The second kappa shape index (κ2) is 8.19. The van der Waals surface area contributed by atoms with Crippen LogP contribution in [0.2, 0.25) is 0 Å². The van der Waals surface area contributed by atoms with Gasteiger partial charge in [-0.25, -0.2) is 4.39 Å². The molecule has 1 aliphatic rings. The molecule has 0 bridgehead atoms. The van der Waals surface area contributed by atoms with E-state index < -0.39 is 17.9 Å². The van der Waals surface area contributed by atoms with Crippen molar-refractivity contribution in [1.82, 2.24) is 10.6 Å². The van der Waals surface area contributed by atoms with E-state index in [2.05, 4.69) is 15.6 Å². The van der Waals surface area contributed by atoms with Gasteiger partial charge in [-0.15, -0.1) is 0 Å². The molecule has 136 valence electrons. The van der Waals surface area contributed by atoms with Crippen molar-refractivity contribution < 1.29 is 17.6 Å². The van der Waals surface area contributed by atoms with E-state index >= 15 is 0 Å². The lowest BCUT2D eigenvalue weighted by Crippen LogP contribution is -2.45. The van der Waals surface area contributed by atoms with Gasteiger partial charge in [-0.3, -0.25) is 4.99 Å². The third kappa shape index (κ3) is 5.34. The van der Waals surface area contributed by atoms with Crippen LogP contribution in [0.5, 0.6) is 0 Å². The molecule has 0 atom stereocenters. The molecule has 2 N–H and O–H groups in total. The van der Waals surface area contributed by atoms with E-state index in [1.807, 2.05) is 6.07 Å². The lowest BCUT2D eigenvalue weighted by atomic mass is 9.85. The number of nitrogens with one attached hydrogen (secondary N) is 2. The van der Waals surface area contributed by atoms with Gasteiger partial charge in [-0.05, 0) is 43.9 Å². The fourth-order valence-electron chi connectivity index (χ4n) is 2.91. The summed E-state index contributed by atoms with van der Waals surface area (Å²) in [6.45, 7) is 0.124. The van der Waals surface area contributed by atoms with Gasteiger partial charge in [0.25, 0.3) is 0 Å². The van der Waals surface area contributed by atoms with Crippen LogP contribution in [0.25, 0.3) is 0 Å². The van der Waals surface area contributed by atoms with E-state index in [0.29, 0.717) is 29.9 Å². The molecule has 4 nitrogen and oxygen atoms in total. The lowest BCUT2D eigenvalue weighted by molar-refractivity contribution is -0.182. The van der Waals surface area contributed by atoms with Crippen LogP contribution < -0.4 is 10.6 Å². The van der Waals surface area contributed by atoms with Gasteiger partial charge in [0.1, 0.15) is 5.82 Å². The Hall–Kier alpha value is -2.30. The monoisotopic (exact) mass is 356 g/mol. The Kier molecular flexibility index (Phi) is 6.23. The summed E-state index contributed by atoms with van der Waals surface area (Å²) < 4.78 is 51.8. The number of alkyl halides is 3. The Morgan fingerprint density at radius 2 is 1.96 bits per heavy atom. The van der Waals surface area contributed by atoms with Crippen LogP contribution in [0, 0.1) is 23.1 Å². The second-order valence-corrected chi connectivity index (χ2v) is 6.08. The predicted octanol–water partition coefficient (Wildman–Crippen LogP) is 3.48. The summed E-state index contributed by atoms with van der Waals surface area (Å²) in [6.07, 6.45) is -3.13. The van der Waals surface area contributed by atoms with E-state index in [0.717, 1.165) is 0 Å². The SMILES string of the molecule is CN=C(NCc1cc(C#N)ccc1F)NC1CCC(C(F)(F)F)CC1. The number of rotatable bonds is 3. The van der Waals surface area contributed by atoms with E-state index in [9.17, 15) is 17.6 Å². The molecule has 1 aliphatic carbocycles. The van der Waals surface area contributed by atoms with Gasteiger partial charge in [-0.2, -0.15) is 18.4 Å². The third-order valence-electron chi connectivity index (χ3n) is 4.38. The summed E-state index contributed by atoms with van der Waals surface area (Å²) in [7, 11) is 1.54. The van der Waals surface area contributed by atoms with Crippen LogP contribution in [0.15, 0.2) is 23.2 Å². The van der Waals surface area contributed by atoms with Crippen molar-refractivity contribution in [1.29, 1.82) is 5.26 Å². The zero-order valence-electron chi connectivity index (χ0n) is 13.8. The molecule has 1 aromatic rings. The first-order valence-electron chi connectivity index (χ1n) is 8.06. The zero-order chi connectivity index (χ0) is 18.4. The van der Waals surface area contributed by atoms with Crippen LogP contribution >= 0.6 is 0 Å². The highest BCUT2D eigenvalue weighted by molar-refractivity contribution is 5.79. The number of benzene rings is 1. The summed E-state index contributed by atoms with van der Waals surface area (Å²) in [5, 5.41) is 14.9. The predicted molar refractivity (Wildman–Crippen MR) is 86.3 cm³/mol. The van der Waals surface area contributed by atoms with Crippen molar-refractivity contribution in [3.63, 3.8) is 0 Å². The van der Waals surface area contributed by atoms with Crippen LogP contribution in [0.1, 0.15) is 36.8 Å². The molecule has 1 aromatic carbocycles. The summed E-state index contributed by atoms with van der Waals surface area (Å²) >= 11 is 0. The highest BCUT2D eigenvalue weighted by Crippen LogP contribution is 2.37. The maximum atomic E-state index is 13.8. The average Bonchev–Trinajstić information content (AvgIpc) is 2.59. The number of aliphatic imine (C=N–C) groups is 1. The van der Waals surface area contributed by atoms with Crippen LogP contribution in [-0.4, -0.2) is 25.2 Å². The van der Waals surface area contributed by atoms with E-state index in [1.54, 1.807) is 7.05 Å². The average molecular weight is 356 g/mol. The Morgan fingerprint density at radius 3 is 2.52 bits per heavy atom. The highest BCUT2D eigenvalue weighted by atomic mass is 19.4. The fourth-order valence-corrected chi connectivity index (χ4v) is 2.91. The molecule has 0 heterocycles. The molecule has 0 saturated heterocycles. The minimum Gasteiger partial charge on any atom is -0.354 e. The first-order valence-corrected chi connectivity index (χ1v) is 8.06. The van der Waals surface area contributed by atoms with E-state index in [-0.39, 0.29) is 25.4 Å². The van der Waals surface area contributed by atoms with E-state index in [4.69, 9.17) is 5.26 Å². The molecule has 1 saturated carbocycles. The van der Waals surface area contributed by atoms with Gasteiger partial charge in [0.15, 0.2) is 5.96 Å². The number of hydrogen-bond acceptors (Lipinski definition) is 2. The molecule has 8 heteroatoms. The van der Waals surface area contributed by atoms with Crippen LogP contribution in [-0.2, 0) is 6.54 Å². The Bertz CT molecular complexity index is 656. The van der Waals surface area contributed by atoms with Crippen LogP contribution in [0.3, 0.4) is 0 Å². The van der Waals surface area contributed by atoms with Crippen molar-refractivity contribution in [2.45, 2.75) is 44.4 Å². The van der Waals surface area contributed by atoms with Gasteiger partial charge in [-0.1, -0.05) is 0 Å². The third-order valence-corrected chi connectivity index (χ3v) is 4.38. The van der Waals surface area contributed by atoms with Crippen LogP contribution in [0.4, 0.5) is 17.6 Å². The molecule has 0 radical (unpaired) electrons. The first kappa shape index (κ1) is 19.0. The lowest BCUT2D eigenvalue weighted by Gasteiger charge is -2.31. The minimum absolute atomic E-state index is 0.0942. The van der Waals surface area contributed by atoms with Crippen molar-refractivity contribution >= 4 is 5.96 Å². The summed E-state index contributed by atoms with van der Waals surface area (Å²) in [5.74, 6) is -1.27. The fraction of sp³-hybridized carbons (Fsp3) is 0.529. The molecule has 0 spiro atoms. The molecule has 25 heavy (non-hydrogen) atoms. The molecule has 1 fully saturated rings. The van der Waals surface area contributed by atoms with Gasteiger partial charge in [0.2, 0.25) is 0 Å². The number of guanidine groups is 1. The number of halogens is 4. The quantitative estimate of drug-likeness (QED) is 0.495. The van der Waals surface area contributed by atoms with Crippen molar-refractivity contribution in [3.8, 4) is 6.07 Å². The summed E-state index contributed by atoms with van der Waals surface area (Å²) in [6, 6.07) is 5.92. The van der Waals surface area contributed by atoms with Crippen molar-refractivity contribution in [2.75, 3.05) is 7.05 Å². The van der Waals surface area contributed by atoms with Gasteiger partial charge >= 0.3 is 6.18 Å². The molecular formula is C17H20F4N4. The Balaban J connectivity index is 1.87. The van der Waals surface area contributed by atoms with Gasteiger partial charge in [0, 0.05) is 25.2 Å². The topological polar surface area (TPSA) is 60.2 Å². The highest BCUT2D eigenvalue weighted by Gasteiger charge is 2.41. The maximum Gasteiger partial charge on any atom is 0.391 e. The number of nitriles is 1. The van der Waals surface area contributed by atoms with Gasteiger partial charge < -0.3 is 10.6 Å². The molecular weight excluding hydrogens is 336 g/mol. The number of hydrogen-bond donors (Lipinski definition) is 2. The summed E-state index contributed by atoms with van der Waals surface area (Å²) in [5.41, 5.74) is 0.675. The zero-order valence-corrected chi connectivity index (χ0v) is 13.8. The van der Waals surface area contributed by atoms with Gasteiger partial charge in [0.05, 0.1) is 17.6 Å². The molecule has 2 rings (SSSR count). The molecule has 0 amide bonds.